The summed E-state index contributed by atoms with van der Waals surface area (Å²) in [5.41, 5.74) is 0. The number of halogens is 1. The Labute approximate surface area is 120 Å². The van der Waals surface area contributed by atoms with Gasteiger partial charge in [0.1, 0.15) is 0 Å². The summed E-state index contributed by atoms with van der Waals surface area (Å²) in [6.07, 6.45) is 2.70. The average molecular weight is 355 g/mol. The van der Waals surface area contributed by atoms with Crippen LogP contribution in [0.25, 0.3) is 0 Å². The normalized spacial score (nSPS) is 25.4. The molecule has 1 unspecified atom stereocenters. The van der Waals surface area contributed by atoms with Crippen molar-refractivity contribution in [3.63, 3.8) is 0 Å². The molecule has 0 bridgehead atoms. The van der Waals surface area contributed by atoms with Gasteiger partial charge < -0.3 is 19.7 Å². The van der Waals surface area contributed by atoms with Crippen LogP contribution in [0.2, 0.25) is 0 Å². The molecule has 1 aliphatic heterocycles. The second-order valence-corrected chi connectivity index (χ2v) is 4.36. The van der Waals surface area contributed by atoms with Gasteiger partial charge in [0.25, 0.3) is 0 Å². The van der Waals surface area contributed by atoms with E-state index in [-0.39, 0.29) is 30.1 Å². The van der Waals surface area contributed by atoms with Crippen LogP contribution in [0.5, 0.6) is 0 Å². The van der Waals surface area contributed by atoms with Gasteiger partial charge in [0.15, 0.2) is 5.96 Å². The van der Waals surface area contributed by atoms with E-state index in [0.29, 0.717) is 12.6 Å². The molecule has 1 saturated carbocycles. The predicted molar refractivity (Wildman–Crippen MR) is 78.1 cm³/mol. The number of methoxy groups -OCH3 is 1. The molecule has 2 fully saturated rings. The average Bonchev–Trinajstić information content (AvgIpc) is 3.10. The summed E-state index contributed by atoms with van der Waals surface area (Å²) in [5, 5.41) is 3.45. The molecule has 1 heterocycles. The molecule has 0 aromatic carbocycles. The van der Waals surface area contributed by atoms with E-state index in [1.54, 1.807) is 7.11 Å². The van der Waals surface area contributed by atoms with E-state index >= 15 is 0 Å². The van der Waals surface area contributed by atoms with E-state index in [1.165, 1.54) is 12.8 Å². The summed E-state index contributed by atoms with van der Waals surface area (Å²) in [4.78, 5) is 6.58. The molecule has 0 aromatic rings. The van der Waals surface area contributed by atoms with Crippen LogP contribution in [0.3, 0.4) is 0 Å². The van der Waals surface area contributed by atoms with Gasteiger partial charge in [-0.15, -0.1) is 24.0 Å². The molecule has 2 rings (SSSR count). The van der Waals surface area contributed by atoms with Crippen LogP contribution in [0.1, 0.15) is 12.8 Å². The highest BCUT2D eigenvalue weighted by Crippen LogP contribution is 2.19. The van der Waals surface area contributed by atoms with Gasteiger partial charge in [-0.05, 0) is 12.8 Å². The Morgan fingerprint density at radius 2 is 2.29 bits per heavy atom. The summed E-state index contributed by atoms with van der Waals surface area (Å²) < 4.78 is 10.7. The van der Waals surface area contributed by atoms with Crippen LogP contribution in [0.4, 0.5) is 0 Å². The molecule has 1 saturated heterocycles. The Hall–Kier alpha value is -0.0800. The second-order valence-electron chi connectivity index (χ2n) is 4.36. The van der Waals surface area contributed by atoms with Crippen molar-refractivity contribution >= 4 is 29.9 Å². The van der Waals surface area contributed by atoms with E-state index in [9.17, 15) is 0 Å². The van der Waals surface area contributed by atoms with Gasteiger partial charge in [-0.3, -0.25) is 4.99 Å². The minimum absolute atomic E-state index is 0. The summed E-state index contributed by atoms with van der Waals surface area (Å²) in [6, 6.07) is 0.641. The van der Waals surface area contributed by atoms with Crippen molar-refractivity contribution in [3.05, 3.63) is 0 Å². The minimum Gasteiger partial charge on any atom is -0.382 e. The molecule has 0 aromatic heterocycles. The lowest BCUT2D eigenvalue weighted by atomic mass is 10.3. The molecule has 0 spiro atoms. The minimum atomic E-state index is 0. The van der Waals surface area contributed by atoms with Gasteiger partial charge in [-0.2, -0.15) is 0 Å². The number of guanidine groups is 1. The molecule has 1 N–H and O–H groups in total. The molecule has 0 radical (unpaired) electrons. The highest BCUT2D eigenvalue weighted by atomic mass is 127. The maximum absolute atomic E-state index is 5.61. The molecule has 5 nitrogen and oxygen atoms in total. The van der Waals surface area contributed by atoms with E-state index < -0.39 is 0 Å². The first-order valence-electron chi connectivity index (χ1n) is 5.92. The van der Waals surface area contributed by atoms with Crippen molar-refractivity contribution in [2.45, 2.75) is 25.0 Å². The second kappa shape index (κ2) is 7.38. The van der Waals surface area contributed by atoms with E-state index in [2.05, 4.69) is 15.2 Å². The highest BCUT2D eigenvalue weighted by Gasteiger charge is 2.27. The van der Waals surface area contributed by atoms with Crippen molar-refractivity contribution in [2.75, 3.05) is 40.5 Å². The molecule has 17 heavy (non-hydrogen) atoms. The van der Waals surface area contributed by atoms with Crippen LogP contribution < -0.4 is 5.32 Å². The molecule has 6 heteroatoms. The van der Waals surface area contributed by atoms with Crippen LogP contribution in [-0.2, 0) is 9.47 Å². The first-order valence-corrected chi connectivity index (χ1v) is 5.92. The summed E-state index contributed by atoms with van der Waals surface area (Å²) in [5.74, 6) is 1.01. The third-order valence-electron chi connectivity index (χ3n) is 2.91. The lowest BCUT2D eigenvalue weighted by Crippen LogP contribution is -2.51. The van der Waals surface area contributed by atoms with Crippen LogP contribution >= 0.6 is 24.0 Å². The van der Waals surface area contributed by atoms with Crippen LogP contribution in [0, 0.1) is 0 Å². The fourth-order valence-corrected chi connectivity index (χ4v) is 1.91. The van der Waals surface area contributed by atoms with Crippen molar-refractivity contribution < 1.29 is 9.47 Å². The standard InChI is InChI=1S/C11H21N3O2.HI/c1-12-11(13-9-3-4-9)14-5-6-16-10(7-14)8-15-2;/h9-10H,3-8H2,1-2H3,(H,12,13);1H. The van der Waals surface area contributed by atoms with Gasteiger partial charge in [0.05, 0.1) is 19.3 Å². The summed E-state index contributed by atoms with van der Waals surface area (Å²) in [7, 11) is 3.55. The fraction of sp³-hybridized carbons (Fsp3) is 0.909. The number of hydrogen-bond acceptors (Lipinski definition) is 3. The van der Waals surface area contributed by atoms with Gasteiger partial charge in [-0.1, -0.05) is 0 Å². The lowest BCUT2D eigenvalue weighted by Gasteiger charge is -2.34. The Morgan fingerprint density at radius 1 is 1.53 bits per heavy atom. The largest absolute Gasteiger partial charge is 0.382 e. The maximum Gasteiger partial charge on any atom is 0.194 e. The molecule has 2 aliphatic rings. The molecular weight excluding hydrogens is 333 g/mol. The number of morpholine rings is 1. The Balaban J connectivity index is 0.00000144. The zero-order chi connectivity index (χ0) is 11.4. The van der Waals surface area contributed by atoms with Gasteiger partial charge in [-0.25, -0.2) is 0 Å². The summed E-state index contributed by atoms with van der Waals surface area (Å²) >= 11 is 0. The van der Waals surface area contributed by atoms with Crippen LogP contribution in [0.15, 0.2) is 4.99 Å². The topological polar surface area (TPSA) is 46.1 Å². The van der Waals surface area contributed by atoms with E-state index in [1.807, 2.05) is 7.05 Å². The monoisotopic (exact) mass is 355 g/mol. The van der Waals surface area contributed by atoms with Gasteiger partial charge in [0, 0.05) is 33.3 Å². The Bertz CT molecular complexity index is 257. The van der Waals surface area contributed by atoms with Gasteiger partial charge in [0.2, 0.25) is 0 Å². The number of nitrogens with zero attached hydrogens (tertiary/aromatic N) is 2. The predicted octanol–water partition coefficient (Wildman–Crippen LogP) is 0.689. The maximum atomic E-state index is 5.61. The van der Waals surface area contributed by atoms with Crippen molar-refractivity contribution in [1.29, 1.82) is 0 Å². The molecular formula is C11H22IN3O2. The third kappa shape index (κ3) is 4.59. The first-order chi connectivity index (χ1) is 7.83. The van der Waals surface area contributed by atoms with Crippen molar-refractivity contribution in [1.82, 2.24) is 10.2 Å². The zero-order valence-corrected chi connectivity index (χ0v) is 12.8. The Morgan fingerprint density at radius 3 is 2.88 bits per heavy atom. The van der Waals surface area contributed by atoms with E-state index in [0.717, 1.165) is 25.7 Å². The zero-order valence-electron chi connectivity index (χ0n) is 10.5. The van der Waals surface area contributed by atoms with Crippen molar-refractivity contribution in [2.24, 2.45) is 4.99 Å². The molecule has 1 atom stereocenters. The molecule has 100 valence electrons. The first kappa shape index (κ1) is 15.0. The number of rotatable bonds is 3. The molecule has 0 amide bonds. The number of ether oxygens (including phenoxy) is 2. The lowest BCUT2D eigenvalue weighted by molar-refractivity contribution is -0.0447. The van der Waals surface area contributed by atoms with Gasteiger partial charge >= 0.3 is 0 Å². The highest BCUT2D eigenvalue weighted by molar-refractivity contribution is 14.0. The SMILES string of the molecule is CN=C(NC1CC1)N1CCOC(COC)C1.I. The number of nitrogens with one attached hydrogen (secondary N) is 1. The van der Waals surface area contributed by atoms with Crippen LogP contribution in [-0.4, -0.2) is 63.5 Å². The third-order valence-corrected chi connectivity index (χ3v) is 2.91. The quantitative estimate of drug-likeness (QED) is 0.460. The van der Waals surface area contributed by atoms with Crippen molar-refractivity contribution in [3.8, 4) is 0 Å². The smallest absolute Gasteiger partial charge is 0.194 e. The number of aliphatic imine (C=N–C) groups is 1. The fourth-order valence-electron chi connectivity index (χ4n) is 1.91. The number of hydrogen-bond donors (Lipinski definition) is 1. The summed E-state index contributed by atoms with van der Waals surface area (Å²) in [6.45, 7) is 3.17. The Kier molecular flexibility index (Phi) is 6.50. The van der Waals surface area contributed by atoms with E-state index in [4.69, 9.17) is 9.47 Å². The molecule has 1 aliphatic carbocycles.